The number of amides is 2. The summed E-state index contributed by atoms with van der Waals surface area (Å²) in [7, 11) is 0. The van der Waals surface area contributed by atoms with Gasteiger partial charge in [-0.1, -0.05) is 60.7 Å². The minimum absolute atomic E-state index is 0.00270. The lowest BCUT2D eigenvalue weighted by Gasteiger charge is -2.18. The number of imidazole rings is 1. The summed E-state index contributed by atoms with van der Waals surface area (Å²) < 4.78 is 27.6. The SMILES string of the molecule is Nc1nc2c(ncn2COC[C@@H](COC(=O)CNC(=O)OCc2ccccc2)OC(=O)CNC(=O)OCc2ccccc2)c(=O)[nH]1. The van der Waals surface area contributed by atoms with Crippen molar-refractivity contribution in [2.75, 3.05) is 32.0 Å². The molecular formula is C29H31N7O10. The van der Waals surface area contributed by atoms with E-state index in [1.807, 2.05) is 12.1 Å². The van der Waals surface area contributed by atoms with Crippen molar-refractivity contribution >= 4 is 41.2 Å². The van der Waals surface area contributed by atoms with E-state index in [2.05, 4.69) is 25.6 Å². The third-order valence-electron chi connectivity index (χ3n) is 5.94. The van der Waals surface area contributed by atoms with Crippen LogP contribution in [0, 0.1) is 0 Å². The highest BCUT2D eigenvalue weighted by Crippen LogP contribution is 2.08. The van der Waals surface area contributed by atoms with Crippen molar-refractivity contribution in [1.82, 2.24) is 30.2 Å². The molecule has 0 aliphatic heterocycles. The molecule has 17 heteroatoms. The lowest BCUT2D eigenvalue weighted by Crippen LogP contribution is -2.37. The van der Waals surface area contributed by atoms with Crippen LogP contribution in [0.5, 0.6) is 0 Å². The Hall–Kier alpha value is -5.97. The molecule has 1 atom stereocenters. The van der Waals surface area contributed by atoms with Gasteiger partial charge in [-0.3, -0.25) is 23.9 Å². The number of nitrogen functional groups attached to an aromatic ring is 1. The zero-order valence-corrected chi connectivity index (χ0v) is 24.4. The molecule has 0 saturated heterocycles. The van der Waals surface area contributed by atoms with Gasteiger partial charge in [-0.05, 0) is 11.1 Å². The normalized spacial score (nSPS) is 11.3. The third-order valence-corrected chi connectivity index (χ3v) is 5.94. The quantitative estimate of drug-likeness (QED) is 0.105. The number of carbonyl (C=O) groups is 4. The van der Waals surface area contributed by atoms with Gasteiger partial charge in [0.2, 0.25) is 5.95 Å². The van der Waals surface area contributed by atoms with Crippen LogP contribution >= 0.6 is 0 Å². The van der Waals surface area contributed by atoms with Crippen LogP contribution in [-0.2, 0) is 53.2 Å². The number of aromatic nitrogens is 4. The van der Waals surface area contributed by atoms with Gasteiger partial charge in [0.1, 0.15) is 39.6 Å². The number of nitrogens with zero attached hydrogens (tertiary/aromatic N) is 3. The predicted octanol–water partition coefficient (Wildman–Crippen LogP) is 0.984. The molecule has 4 rings (SSSR count). The fourth-order valence-corrected chi connectivity index (χ4v) is 3.77. The minimum Gasteiger partial charge on any atom is -0.460 e. The fraction of sp³-hybridized carbons (Fsp3) is 0.276. The van der Waals surface area contributed by atoms with Gasteiger partial charge in [0, 0.05) is 0 Å². The highest BCUT2D eigenvalue weighted by molar-refractivity contribution is 5.79. The number of fused-ring (bicyclic) bond motifs is 1. The molecule has 0 fully saturated rings. The zero-order valence-electron chi connectivity index (χ0n) is 24.4. The van der Waals surface area contributed by atoms with E-state index in [1.54, 1.807) is 48.5 Å². The van der Waals surface area contributed by atoms with E-state index >= 15 is 0 Å². The summed E-state index contributed by atoms with van der Waals surface area (Å²) in [4.78, 5) is 71.0. The summed E-state index contributed by atoms with van der Waals surface area (Å²) in [5.74, 6) is -1.84. The number of nitrogens with two attached hydrogens (primary N) is 1. The number of aromatic amines is 1. The van der Waals surface area contributed by atoms with Gasteiger partial charge in [-0.15, -0.1) is 0 Å². The van der Waals surface area contributed by atoms with E-state index in [9.17, 15) is 24.0 Å². The Balaban J connectivity index is 1.26. The summed E-state index contributed by atoms with van der Waals surface area (Å²) in [6.07, 6.45) is -1.52. The van der Waals surface area contributed by atoms with Crippen molar-refractivity contribution in [3.63, 3.8) is 0 Å². The van der Waals surface area contributed by atoms with E-state index in [0.717, 1.165) is 11.1 Å². The van der Waals surface area contributed by atoms with Crippen LogP contribution in [0.4, 0.5) is 15.5 Å². The van der Waals surface area contributed by atoms with Crippen LogP contribution < -0.4 is 21.9 Å². The van der Waals surface area contributed by atoms with Gasteiger partial charge in [0.05, 0.1) is 12.9 Å². The van der Waals surface area contributed by atoms with Crippen molar-refractivity contribution in [1.29, 1.82) is 0 Å². The van der Waals surface area contributed by atoms with Crippen LogP contribution in [0.3, 0.4) is 0 Å². The Labute approximate surface area is 260 Å². The van der Waals surface area contributed by atoms with Crippen LogP contribution in [0.2, 0.25) is 0 Å². The Bertz CT molecular complexity index is 1680. The molecule has 17 nitrogen and oxygen atoms in total. The molecule has 0 radical (unpaired) electrons. The molecule has 2 amide bonds. The van der Waals surface area contributed by atoms with Crippen LogP contribution in [-0.4, -0.2) is 76.1 Å². The molecule has 0 bridgehead atoms. The average Bonchev–Trinajstić information content (AvgIpc) is 3.47. The summed E-state index contributed by atoms with van der Waals surface area (Å²) in [6, 6.07) is 17.9. The van der Waals surface area contributed by atoms with E-state index in [4.69, 9.17) is 29.4 Å². The number of H-pyrrole nitrogens is 1. The second-order valence-electron chi connectivity index (χ2n) is 9.46. The molecule has 0 saturated carbocycles. The molecule has 4 aromatic rings. The molecular weight excluding hydrogens is 606 g/mol. The number of alkyl carbamates (subject to hydrolysis) is 2. The number of nitrogens with one attached hydrogen (secondary N) is 3. The number of hydrogen-bond acceptors (Lipinski definition) is 13. The largest absolute Gasteiger partial charge is 0.460 e. The standard InChI is InChI=1S/C29H31N7O10/c30-27-34-25-24(26(39)35-27)33-17-36(25)18-42-15-21(46-23(38)12-32-29(41)45-14-20-9-5-2-6-10-20)16-43-22(37)11-31-28(40)44-13-19-7-3-1-4-8-19/h1-10,17,21H,11-16,18H2,(H,31,40)(H,32,41)(H3,30,34,35,39)/t21-/m0/s1. The monoisotopic (exact) mass is 637 g/mol. The first kappa shape index (κ1) is 32.9. The predicted molar refractivity (Wildman–Crippen MR) is 159 cm³/mol. The van der Waals surface area contributed by atoms with Gasteiger partial charge in [0.25, 0.3) is 5.56 Å². The molecule has 5 N–H and O–H groups in total. The number of rotatable bonds is 15. The van der Waals surface area contributed by atoms with Gasteiger partial charge in [-0.25, -0.2) is 14.6 Å². The van der Waals surface area contributed by atoms with Crippen molar-refractivity contribution in [3.8, 4) is 0 Å². The molecule has 0 unspecified atom stereocenters. The van der Waals surface area contributed by atoms with E-state index in [-0.39, 0.29) is 43.7 Å². The van der Waals surface area contributed by atoms with E-state index in [0.29, 0.717) is 0 Å². The number of anilines is 1. The van der Waals surface area contributed by atoms with Crippen molar-refractivity contribution < 1.29 is 42.9 Å². The number of hydrogen-bond donors (Lipinski definition) is 4. The van der Waals surface area contributed by atoms with Crippen LogP contribution in [0.15, 0.2) is 71.8 Å². The third kappa shape index (κ3) is 10.6. The molecule has 2 aromatic heterocycles. The molecule has 2 heterocycles. The Kier molecular flexibility index (Phi) is 12.0. The summed E-state index contributed by atoms with van der Waals surface area (Å²) in [5.41, 5.74) is 6.79. The summed E-state index contributed by atoms with van der Waals surface area (Å²) >= 11 is 0. The van der Waals surface area contributed by atoms with E-state index < -0.39 is 55.5 Å². The zero-order chi connectivity index (χ0) is 32.7. The molecule has 0 aliphatic rings. The lowest BCUT2D eigenvalue weighted by atomic mass is 10.2. The van der Waals surface area contributed by atoms with Crippen molar-refractivity contribution in [2.45, 2.75) is 26.0 Å². The first-order valence-electron chi connectivity index (χ1n) is 13.8. The highest BCUT2D eigenvalue weighted by atomic mass is 16.6. The fourth-order valence-electron chi connectivity index (χ4n) is 3.77. The van der Waals surface area contributed by atoms with Crippen LogP contribution in [0.25, 0.3) is 11.2 Å². The number of esters is 2. The average molecular weight is 638 g/mol. The molecule has 2 aromatic carbocycles. The van der Waals surface area contributed by atoms with Gasteiger partial charge < -0.3 is 40.1 Å². The highest BCUT2D eigenvalue weighted by Gasteiger charge is 2.20. The number of carbonyl (C=O) groups excluding carboxylic acids is 4. The van der Waals surface area contributed by atoms with Gasteiger partial charge >= 0.3 is 24.1 Å². The molecule has 46 heavy (non-hydrogen) atoms. The second-order valence-corrected chi connectivity index (χ2v) is 9.46. The number of ether oxygens (including phenoxy) is 5. The number of benzene rings is 2. The first-order valence-corrected chi connectivity index (χ1v) is 13.8. The van der Waals surface area contributed by atoms with E-state index in [1.165, 1.54) is 10.9 Å². The Morgan fingerprint density at radius 2 is 1.41 bits per heavy atom. The maximum atomic E-state index is 12.5. The minimum atomic E-state index is -1.14. The Morgan fingerprint density at radius 3 is 2.02 bits per heavy atom. The topological polar surface area (TPSA) is 228 Å². The second kappa shape index (κ2) is 16.8. The van der Waals surface area contributed by atoms with Crippen molar-refractivity contribution in [3.05, 3.63) is 88.5 Å². The lowest BCUT2D eigenvalue weighted by molar-refractivity contribution is -0.162. The van der Waals surface area contributed by atoms with Crippen molar-refractivity contribution in [2.24, 2.45) is 0 Å². The molecule has 242 valence electrons. The summed E-state index contributed by atoms with van der Waals surface area (Å²) in [5, 5.41) is 4.55. The first-order chi connectivity index (χ1) is 22.3. The molecule has 0 aliphatic carbocycles. The maximum Gasteiger partial charge on any atom is 0.407 e. The summed E-state index contributed by atoms with van der Waals surface area (Å²) in [6.45, 7) is -2.00. The van der Waals surface area contributed by atoms with Gasteiger partial charge in [-0.2, -0.15) is 4.98 Å². The van der Waals surface area contributed by atoms with Gasteiger partial charge in [0.15, 0.2) is 17.3 Å². The van der Waals surface area contributed by atoms with Crippen LogP contribution in [0.1, 0.15) is 11.1 Å². The smallest absolute Gasteiger partial charge is 0.407 e. The Morgan fingerprint density at radius 1 is 0.826 bits per heavy atom. The maximum absolute atomic E-state index is 12.5. The molecule has 0 spiro atoms.